The third-order valence-corrected chi connectivity index (χ3v) is 3.68. The van der Waals surface area contributed by atoms with Gasteiger partial charge >= 0.3 is 5.97 Å². The van der Waals surface area contributed by atoms with E-state index >= 15 is 0 Å². The average Bonchev–Trinajstić information content (AvgIpc) is 2.59. The number of hydrogen-bond donors (Lipinski definition) is 1. The summed E-state index contributed by atoms with van der Waals surface area (Å²) in [6, 6.07) is 0. The van der Waals surface area contributed by atoms with Crippen molar-refractivity contribution in [2.45, 2.75) is 32.3 Å². The van der Waals surface area contributed by atoms with Gasteiger partial charge < -0.3 is 10.5 Å². The Morgan fingerprint density at radius 1 is 1.47 bits per heavy atom. The Morgan fingerprint density at radius 3 is 2.63 bits per heavy atom. The Bertz CT molecular complexity index is 550. The molecule has 1 rings (SSSR count). The second-order valence-electron chi connectivity index (χ2n) is 4.42. The fourth-order valence-electron chi connectivity index (χ4n) is 1.43. The van der Waals surface area contributed by atoms with Crippen molar-refractivity contribution in [1.29, 1.82) is 0 Å². The lowest BCUT2D eigenvalue weighted by atomic mass is 10.2. The number of nitrogens with zero attached hydrogens (tertiary/aromatic N) is 3. The number of ether oxygens (including phenoxy) is 1. The zero-order chi connectivity index (χ0) is 14.6. The quantitative estimate of drug-likeness (QED) is 0.724. The number of nitrogen functional groups attached to an aromatic ring is 1. The zero-order valence-corrected chi connectivity index (χ0v) is 12.0. The summed E-state index contributed by atoms with van der Waals surface area (Å²) in [6.45, 7) is 6.04. The molecular weight excluding hydrogens is 272 g/mol. The fourth-order valence-corrected chi connectivity index (χ4v) is 2.55. The van der Waals surface area contributed by atoms with E-state index in [4.69, 9.17) is 5.73 Å². The molecule has 0 bridgehead atoms. The van der Waals surface area contributed by atoms with E-state index in [1.165, 1.54) is 4.68 Å². The Kier molecular flexibility index (Phi) is 4.87. The molecule has 0 aliphatic rings. The molecule has 1 aromatic rings. The number of carbonyl (C=O) groups is 1. The van der Waals surface area contributed by atoms with Crippen LogP contribution in [-0.2, 0) is 25.9 Å². The van der Waals surface area contributed by atoms with Crippen molar-refractivity contribution in [2.24, 2.45) is 5.92 Å². The number of nitrogens with two attached hydrogens (primary N) is 1. The second-order valence-corrected chi connectivity index (χ2v) is 6.32. The lowest BCUT2D eigenvalue weighted by molar-refractivity contribution is -0.139. The van der Waals surface area contributed by atoms with Crippen LogP contribution in [0.3, 0.4) is 0 Å². The number of anilines is 1. The van der Waals surface area contributed by atoms with Gasteiger partial charge in [-0.1, -0.05) is 19.1 Å². The van der Waals surface area contributed by atoms with Gasteiger partial charge in [-0.3, -0.25) is 4.79 Å². The Hall–Kier alpha value is -1.64. The summed E-state index contributed by atoms with van der Waals surface area (Å²) in [5.41, 5.74) is 5.69. The van der Waals surface area contributed by atoms with E-state index in [-0.39, 0.29) is 23.4 Å². The molecule has 9 heteroatoms. The number of sulfone groups is 1. The van der Waals surface area contributed by atoms with Gasteiger partial charge in [-0.05, 0) is 12.8 Å². The van der Waals surface area contributed by atoms with Crippen LogP contribution in [0.4, 0.5) is 5.82 Å². The van der Waals surface area contributed by atoms with Crippen LogP contribution in [0.5, 0.6) is 0 Å². The second kappa shape index (κ2) is 6.00. The van der Waals surface area contributed by atoms with Crippen molar-refractivity contribution >= 4 is 21.6 Å². The largest absolute Gasteiger partial charge is 0.465 e. The number of esters is 1. The normalized spacial score (nSPS) is 11.8. The average molecular weight is 290 g/mol. The number of hydrogen-bond acceptors (Lipinski definition) is 7. The monoisotopic (exact) mass is 290 g/mol. The smallest absolute Gasteiger partial charge is 0.321 e. The van der Waals surface area contributed by atoms with Crippen LogP contribution in [-0.4, -0.2) is 41.7 Å². The van der Waals surface area contributed by atoms with Crippen molar-refractivity contribution in [1.82, 2.24) is 15.0 Å². The van der Waals surface area contributed by atoms with E-state index in [1.807, 2.05) is 13.8 Å². The SMILES string of the molecule is CCOC(=O)CS(=O)(=O)c1nnn(CC(C)C)c1N. The molecule has 0 aliphatic heterocycles. The van der Waals surface area contributed by atoms with Gasteiger partial charge in [0.15, 0.2) is 11.6 Å². The molecule has 8 nitrogen and oxygen atoms in total. The molecule has 0 amide bonds. The predicted molar refractivity (Wildman–Crippen MR) is 68.0 cm³/mol. The van der Waals surface area contributed by atoms with Crippen molar-refractivity contribution in [3.63, 3.8) is 0 Å². The van der Waals surface area contributed by atoms with Gasteiger partial charge in [0.1, 0.15) is 0 Å². The molecule has 0 atom stereocenters. The number of rotatable bonds is 6. The Labute approximate surface area is 111 Å². The summed E-state index contributed by atoms with van der Waals surface area (Å²) in [5.74, 6) is -1.44. The summed E-state index contributed by atoms with van der Waals surface area (Å²) in [6.07, 6.45) is 0. The van der Waals surface area contributed by atoms with E-state index in [0.717, 1.165) is 0 Å². The van der Waals surface area contributed by atoms with E-state index in [9.17, 15) is 13.2 Å². The van der Waals surface area contributed by atoms with Crippen LogP contribution < -0.4 is 5.73 Å². The van der Waals surface area contributed by atoms with Gasteiger partial charge in [0, 0.05) is 6.54 Å². The molecule has 108 valence electrons. The molecule has 0 unspecified atom stereocenters. The molecule has 2 N–H and O–H groups in total. The molecule has 0 radical (unpaired) electrons. The van der Waals surface area contributed by atoms with Gasteiger partial charge in [-0.15, -0.1) is 5.10 Å². The highest BCUT2D eigenvalue weighted by Gasteiger charge is 2.27. The molecule has 0 saturated heterocycles. The van der Waals surface area contributed by atoms with Crippen molar-refractivity contribution in [3.05, 3.63) is 0 Å². The summed E-state index contributed by atoms with van der Waals surface area (Å²) in [7, 11) is -3.92. The number of aromatic nitrogens is 3. The molecule has 19 heavy (non-hydrogen) atoms. The topological polar surface area (TPSA) is 117 Å². The van der Waals surface area contributed by atoms with E-state index in [0.29, 0.717) is 6.54 Å². The lowest BCUT2D eigenvalue weighted by Gasteiger charge is -2.06. The highest BCUT2D eigenvalue weighted by Crippen LogP contribution is 2.17. The van der Waals surface area contributed by atoms with Crippen LogP contribution in [0.1, 0.15) is 20.8 Å². The third kappa shape index (κ3) is 3.91. The Morgan fingerprint density at radius 2 is 2.11 bits per heavy atom. The van der Waals surface area contributed by atoms with Gasteiger partial charge in [0.25, 0.3) is 0 Å². The minimum Gasteiger partial charge on any atom is -0.465 e. The minimum atomic E-state index is -3.92. The summed E-state index contributed by atoms with van der Waals surface area (Å²) in [5, 5.41) is 6.86. The molecule has 0 fully saturated rings. The molecule has 1 aromatic heterocycles. The van der Waals surface area contributed by atoms with Gasteiger partial charge in [-0.25, -0.2) is 13.1 Å². The first-order valence-corrected chi connectivity index (χ1v) is 7.50. The highest BCUT2D eigenvalue weighted by molar-refractivity contribution is 7.92. The summed E-state index contributed by atoms with van der Waals surface area (Å²) in [4.78, 5) is 11.2. The maximum absolute atomic E-state index is 11.9. The van der Waals surface area contributed by atoms with Gasteiger partial charge in [-0.2, -0.15) is 0 Å². The van der Waals surface area contributed by atoms with Crippen LogP contribution in [0, 0.1) is 5.92 Å². The maximum atomic E-state index is 11.9. The fraction of sp³-hybridized carbons (Fsp3) is 0.700. The first-order valence-electron chi connectivity index (χ1n) is 5.85. The van der Waals surface area contributed by atoms with Crippen molar-refractivity contribution in [2.75, 3.05) is 18.1 Å². The highest BCUT2D eigenvalue weighted by atomic mass is 32.2. The standard InChI is InChI=1S/C10H18N4O4S/c1-4-18-8(15)6-19(16,17)10-9(11)14(13-12-10)5-7(2)3/h7H,4-6,11H2,1-3H3. The first-order chi connectivity index (χ1) is 8.77. The van der Waals surface area contributed by atoms with Crippen molar-refractivity contribution in [3.8, 4) is 0 Å². The Balaban J connectivity index is 2.96. The van der Waals surface area contributed by atoms with Gasteiger partial charge in [0.05, 0.1) is 6.61 Å². The van der Waals surface area contributed by atoms with E-state index in [2.05, 4.69) is 15.0 Å². The van der Waals surface area contributed by atoms with Crippen LogP contribution in [0.15, 0.2) is 5.03 Å². The number of carbonyl (C=O) groups excluding carboxylic acids is 1. The molecule has 0 saturated carbocycles. The summed E-state index contributed by atoms with van der Waals surface area (Å²) >= 11 is 0. The molecule has 0 aromatic carbocycles. The predicted octanol–water partition coefficient (Wildman–Crippen LogP) is -0.147. The molecule has 0 aliphatic carbocycles. The van der Waals surface area contributed by atoms with Crippen molar-refractivity contribution < 1.29 is 17.9 Å². The zero-order valence-electron chi connectivity index (χ0n) is 11.2. The molecule has 0 spiro atoms. The maximum Gasteiger partial charge on any atom is 0.321 e. The first kappa shape index (κ1) is 15.4. The van der Waals surface area contributed by atoms with E-state index in [1.54, 1.807) is 6.92 Å². The van der Waals surface area contributed by atoms with Crippen LogP contribution in [0.2, 0.25) is 0 Å². The lowest BCUT2D eigenvalue weighted by Crippen LogP contribution is -2.20. The third-order valence-electron chi connectivity index (χ3n) is 2.19. The summed E-state index contributed by atoms with van der Waals surface area (Å²) < 4.78 is 29.8. The molecule has 1 heterocycles. The molecular formula is C10H18N4O4S. The van der Waals surface area contributed by atoms with Gasteiger partial charge in [0.2, 0.25) is 14.9 Å². The van der Waals surface area contributed by atoms with E-state index < -0.39 is 21.6 Å². The minimum absolute atomic E-state index is 0.0574. The van der Waals surface area contributed by atoms with Crippen LogP contribution >= 0.6 is 0 Å². The van der Waals surface area contributed by atoms with Crippen LogP contribution in [0.25, 0.3) is 0 Å².